The number of fused-ring (bicyclic) bond motifs is 2. The van der Waals surface area contributed by atoms with Crippen LogP contribution in [0.1, 0.15) is 11.1 Å². The molecule has 0 aliphatic rings. The van der Waals surface area contributed by atoms with Gasteiger partial charge in [-0.05, 0) is 0 Å². The Kier molecular flexibility index (Phi) is 14.9. The minimum Gasteiger partial charge on any atom is -0.168 e. The monoisotopic (exact) mass is 684 g/mol. The van der Waals surface area contributed by atoms with Crippen LogP contribution in [0, 0.1) is 26.0 Å². The van der Waals surface area contributed by atoms with Gasteiger partial charge in [0.2, 0.25) is 0 Å². The molecule has 0 N–H and O–H groups in total. The molecule has 0 fully saturated rings. The second-order valence-electron chi connectivity index (χ2n) is 10.6. The summed E-state index contributed by atoms with van der Waals surface area (Å²) in [6.45, 7) is 4.13. The molecular weight excluding hydrogens is 648 g/mol. The maximum atomic E-state index is 2.93. The molecule has 0 saturated heterocycles. The number of hydrogen-bond acceptors (Lipinski definition) is 0. The molecule has 0 aliphatic carbocycles. The zero-order valence-corrected chi connectivity index (χ0v) is 29.9. The molecule has 0 bridgehead atoms. The van der Waals surface area contributed by atoms with Gasteiger partial charge in [-0.15, -0.1) is 59.3 Å². The van der Waals surface area contributed by atoms with Crippen LogP contribution in [0.5, 0.6) is 0 Å². The Balaban J connectivity index is 0.000000134. The molecule has 0 amide bonds. The largest absolute Gasteiger partial charge is 0.168 e. The van der Waals surface area contributed by atoms with Gasteiger partial charge < -0.3 is 0 Å². The van der Waals surface area contributed by atoms with E-state index in [2.05, 4.69) is 172 Å². The summed E-state index contributed by atoms with van der Waals surface area (Å²) in [5.41, 5.74) is 2.13. The van der Waals surface area contributed by atoms with Gasteiger partial charge in [0.05, 0.1) is 0 Å². The number of benzene rings is 6. The number of hydrogen-bond donors (Lipinski definition) is 0. The standard InChI is InChI=1S/C12H10Si.2C9H7.2C7H7.Zr/c1-3-7-11(8-4-1)13-12-9-5-2-6-10-12;2*1-2-5-9-7-3-6-8(9)4-1;2*1-7-5-3-2-4-6-7;/h1-10H;2*1-7H;2*3-6H,1H3;/q;4*-1;. The third-order valence-electron chi connectivity index (χ3n) is 6.99. The maximum Gasteiger partial charge on any atom is -0.0809 e. The van der Waals surface area contributed by atoms with Gasteiger partial charge in [0, 0.05) is 0 Å². The molecule has 0 heterocycles. The molecule has 0 atom stereocenters. The molecule has 0 spiro atoms. The summed E-state index contributed by atoms with van der Waals surface area (Å²) >= 11 is 1.64. The summed E-state index contributed by atoms with van der Waals surface area (Å²) in [7, 11) is 0. The third kappa shape index (κ3) is 12.2. The van der Waals surface area contributed by atoms with E-state index in [1.54, 1.807) is 23.3 Å². The van der Waals surface area contributed by atoms with E-state index in [4.69, 9.17) is 0 Å². The van der Waals surface area contributed by atoms with Crippen LogP contribution >= 0.6 is 0 Å². The summed E-state index contributed by atoms with van der Waals surface area (Å²) in [5, 5.41) is 8.36. The predicted octanol–water partition coefficient (Wildman–Crippen LogP) is 10.0. The first-order chi connectivity index (χ1) is 22.6. The van der Waals surface area contributed by atoms with E-state index in [1.807, 2.05) is 48.5 Å². The van der Waals surface area contributed by atoms with E-state index < -0.39 is 5.43 Å². The van der Waals surface area contributed by atoms with Gasteiger partial charge in [-0.2, -0.15) is 107 Å². The van der Waals surface area contributed by atoms with Crippen LogP contribution in [0.4, 0.5) is 0 Å². The molecule has 0 saturated carbocycles. The van der Waals surface area contributed by atoms with E-state index in [9.17, 15) is 0 Å². The first kappa shape index (κ1) is 34.5. The third-order valence-corrected chi connectivity index (χ3v) is 13.1. The Morgan fingerprint density at radius 2 is 0.783 bits per heavy atom. The van der Waals surface area contributed by atoms with Gasteiger partial charge >= 0.3 is 99.8 Å². The second-order valence-corrected chi connectivity index (χ2v) is 16.2. The zero-order chi connectivity index (χ0) is 32.2. The normalized spacial score (nSPS) is 9.59. The summed E-state index contributed by atoms with van der Waals surface area (Å²) in [4.78, 5) is 0. The Bertz CT molecular complexity index is 1750. The molecule has 8 aromatic carbocycles. The summed E-state index contributed by atoms with van der Waals surface area (Å²) < 4.78 is 0. The Morgan fingerprint density at radius 1 is 0.435 bits per heavy atom. The van der Waals surface area contributed by atoms with Gasteiger partial charge in [0.15, 0.2) is 0 Å². The molecule has 0 aromatic heterocycles. The Labute approximate surface area is 290 Å². The maximum absolute atomic E-state index is 2.93. The van der Waals surface area contributed by atoms with Crippen LogP contribution in [-0.4, -0.2) is 5.43 Å². The fourth-order valence-electron chi connectivity index (χ4n) is 4.46. The van der Waals surface area contributed by atoms with Gasteiger partial charge in [0.1, 0.15) is 0 Å². The summed E-state index contributed by atoms with van der Waals surface area (Å²) in [6, 6.07) is 72.6. The van der Waals surface area contributed by atoms with Crippen molar-refractivity contribution >= 4 is 37.4 Å². The van der Waals surface area contributed by atoms with Crippen molar-refractivity contribution < 1.29 is 23.3 Å². The van der Waals surface area contributed by atoms with Crippen molar-refractivity contribution in [2.75, 3.05) is 0 Å². The number of aryl methyl sites for hydroxylation is 2. The molecular formula is C44H38SiZr-4. The van der Waals surface area contributed by atoms with E-state index in [0.717, 1.165) is 0 Å². The van der Waals surface area contributed by atoms with Crippen LogP contribution < -0.4 is 10.4 Å². The Morgan fingerprint density at radius 3 is 1.11 bits per heavy atom. The van der Waals surface area contributed by atoms with Gasteiger partial charge in [-0.1, -0.05) is 26.0 Å². The Hall–Kier alpha value is -4.36. The van der Waals surface area contributed by atoms with Gasteiger partial charge in [-0.25, -0.2) is 0 Å². The van der Waals surface area contributed by atoms with Crippen molar-refractivity contribution in [3.63, 3.8) is 0 Å². The van der Waals surface area contributed by atoms with E-state index in [-0.39, 0.29) is 0 Å². The van der Waals surface area contributed by atoms with Crippen molar-refractivity contribution in [2.24, 2.45) is 0 Å². The van der Waals surface area contributed by atoms with Crippen molar-refractivity contribution in [3.8, 4) is 0 Å². The molecule has 46 heavy (non-hydrogen) atoms. The van der Waals surface area contributed by atoms with Crippen molar-refractivity contribution in [2.45, 2.75) is 13.8 Å². The zero-order valence-electron chi connectivity index (χ0n) is 26.5. The molecule has 226 valence electrons. The van der Waals surface area contributed by atoms with Crippen LogP contribution in [0.25, 0.3) is 21.5 Å². The fourth-order valence-corrected chi connectivity index (χ4v) is 8.30. The van der Waals surface area contributed by atoms with Crippen LogP contribution in [0.3, 0.4) is 0 Å². The van der Waals surface area contributed by atoms with Gasteiger partial charge in [0.25, 0.3) is 0 Å². The molecule has 8 rings (SSSR count). The van der Waals surface area contributed by atoms with E-state index >= 15 is 0 Å². The first-order valence-electron chi connectivity index (χ1n) is 15.4. The van der Waals surface area contributed by atoms with E-state index in [1.165, 1.54) is 43.0 Å². The van der Waals surface area contributed by atoms with Crippen LogP contribution in [-0.2, 0) is 23.3 Å². The van der Waals surface area contributed by atoms with E-state index in [0.29, 0.717) is 0 Å². The summed E-state index contributed by atoms with van der Waals surface area (Å²) in [5.74, 6) is 0. The van der Waals surface area contributed by atoms with Crippen LogP contribution in [0.2, 0.25) is 0 Å². The average Bonchev–Trinajstić information content (AvgIpc) is 3.81. The molecule has 0 aliphatic heterocycles. The van der Waals surface area contributed by atoms with Crippen molar-refractivity contribution in [3.05, 3.63) is 217 Å². The minimum absolute atomic E-state index is 0.455. The smallest absolute Gasteiger partial charge is 0.0809 e. The van der Waals surface area contributed by atoms with Crippen LogP contribution in [0.15, 0.2) is 194 Å². The minimum atomic E-state index is -0.455. The SMILES string of the molecule is Cc1cc[c-]cc1.Cc1cc[c-]cc1.[Zr]=[Si](c1ccccc1)c1ccccc1.c1ccc2[cH-]ccc2c1.c1ccc2[cH-]ccc2c1. The molecule has 2 heteroatoms. The quantitative estimate of drug-likeness (QED) is 0.126. The molecule has 8 aromatic rings. The van der Waals surface area contributed by atoms with Crippen molar-refractivity contribution in [1.29, 1.82) is 0 Å². The summed E-state index contributed by atoms with van der Waals surface area (Å²) in [6.07, 6.45) is 0. The number of rotatable bonds is 2. The molecule has 0 unspecified atom stereocenters. The topological polar surface area (TPSA) is 0 Å². The molecule has 0 nitrogen and oxygen atoms in total. The first-order valence-corrected chi connectivity index (χ1v) is 20.5. The molecule has 0 radical (unpaired) electrons. The average molecular weight is 686 g/mol. The van der Waals surface area contributed by atoms with Crippen molar-refractivity contribution in [1.82, 2.24) is 0 Å². The second kappa shape index (κ2) is 19.9. The fraction of sp³-hybridized carbons (Fsp3) is 0.0455. The van der Waals surface area contributed by atoms with Gasteiger partial charge in [-0.3, -0.25) is 0 Å². The predicted molar refractivity (Wildman–Crippen MR) is 197 cm³/mol.